The van der Waals surface area contributed by atoms with Gasteiger partial charge in [-0.25, -0.2) is 0 Å². The Bertz CT molecular complexity index is 312. The molecule has 1 aliphatic carbocycles. The van der Waals surface area contributed by atoms with Crippen molar-refractivity contribution < 1.29 is 0 Å². The fourth-order valence-corrected chi connectivity index (χ4v) is 2.61. The van der Waals surface area contributed by atoms with Crippen LogP contribution < -0.4 is 0 Å². The Balaban J connectivity index is 2.15. The summed E-state index contributed by atoms with van der Waals surface area (Å²) in [4.78, 5) is 0. The zero-order chi connectivity index (χ0) is 9.97. The van der Waals surface area contributed by atoms with Crippen LogP contribution in [0.5, 0.6) is 0 Å². The van der Waals surface area contributed by atoms with E-state index < -0.39 is 0 Å². The Morgan fingerprint density at radius 1 is 1.29 bits per heavy atom. The van der Waals surface area contributed by atoms with Crippen molar-refractivity contribution in [3.05, 3.63) is 34.9 Å². The second kappa shape index (κ2) is 4.16. The Morgan fingerprint density at radius 3 is 2.93 bits per heavy atom. The maximum Gasteiger partial charge on any atom is -0.0248 e. The van der Waals surface area contributed by atoms with Gasteiger partial charge in [-0.2, -0.15) is 0 Å². The molecule has 0 N–H and O–H groups in total. The number of benzene rings is 1. The highest BCUT2D eigenvalue weighted by atomic mass is 14.2. The van der Waals surface area contributed by atoms with Gasteiger partial charge in [0.05, 0.1) is 0 Å². The van der Waals surface area contributed by atoms with Gasteiger partial charge >= 0.3 is 0 Å². The summed E-state index contributed by atoms with van der Waals surface area (Å²) in [7, 11) is 0. The summed E-state index contributed by atoms with van der Waals surface area (Å²) in [6.45, 7) is 4.49. The first-order valence-corrected chi connectivity index (χ1v) is 5.88. The van der Waals surface area contributed by atoms with Crippen molar-refractivity contribution in [1.82, 2.24) is 0 Å². The second-order valence-corrected chi connectivity index (χ2v) is 4.67. The molecule has 1 aromatic carbocycles. The van der Waals surface area contributed by atoms with Crippen molar-refractivity contribution in [3.63, 3.8) is 0 Å². The van der Waals surface area contributed by atoms with E-state index >= 15 is 0 Å². The van der Waals surface area contributed by atoms with Crippen molar-refractivity contribution in [2.45, 2.75) is 46.0 Å². The predicted molar refractivity (Wildman–Crippen MR) is 61.6 cm³/mol. The summed E-state index contributed by atoms with van der Waals surface area (Å²) >= 11 is 0. The van der Waals surface area contributed by atoms with Gasteiger partial charge in [0.25, 0.3) is 0 Å². The summed E-state index contributed by atoms with van der Waals surface area (Å²) in [6, 6.07) is 6.97. The highest BCUT2D eigenvalue weighted by Crippen LogP contribution is 2.28. The van der Waals surface area contributed by atoms with Crippen LogP contribution in [0, 0.1) is 12.8 Å². The van der Waals surface area contributed by atoms with Gasteiger partial charge in [0.1, 0.15) is 0 Å². The van der Waals surface area contributed by atoms with E-state index in [2.05, 4.69) is 32.0 Å². The molecule has 0 saturated carbocycles. The summed E-state index contributed by atoms with van der Waals surface area (Å²) in [5, 5.41) is 0. The molecule has 0 spiro atoms. The van der Waals surface area contributed by atoms with Crippen molar-refractivity contribution >= 4 is 0 Å². The molecule has 1 aromatic rings. The monoisotopic (exact) mass is 188 g/mol. The van der Waals surface area contributed by atoms with Gasteiger partial charge in [0.2, 0.25) is 0 Å². The largest absolute Gasteiger partial charge is 0.0654 e. The topological polar surface area (TPSA) is 0 Å². The highest BCUT2D eigenvalue weighted by Gasteiger charge is 2.17. The fourth-order valence-electron chi connectivity index (χ4n) is 2.61. The van der Waals surface area contributed by atoms with Crippen LogP contribution in [0.2, 0.25) is 0 Å². The highest BCUT2D eigenvalue weighted by molar-refractivity contribution is 5.33. The molecule has 76 valence electrons. The van der Waals surface area contributed by atoms with Gasteiger partial charge in [-0.1, -0.05) is 43.5 Å². The van der Waals surface area contributed by atoms with Gasteiger partial charge in [-0.3, -0.25) is 0 Å². The summed E-state index contributed by atoms with van der Waals surface area (Å²) < 4.78 is 0. The van der Waals surface area contributed by atoms with Crippen LogP contribution >= 0.6 is 0 Å². The van der Waals surface area contributed by atoms with Crippen LogP contribution in [0.3, 0.4) is 0 Å². The molecule has 0 heteroatoms. The molecule has 0 aromatic heterocycles. The normalized spacial score (nSPS) is 20.6. The zero-order valence-electron chi connectivity index (χ0n) is 9.34. The zero-order valence-corrected chi connectivity index (χ0v) is 9.34. The fraction of sp³-hybridized carbons (Fsp3) is 0.571. The first-order chi connectivity index (χ1) is 6.79. The van der Waals surface area contributed by atoms with Crippen molar-refractivity contribution in [1.29, 1.82) is 0 Å². The number of hydrogen-bond donors (Lipinski definition) is 0. The molecule has 0 radical (unpaired) electrons. The van der Waals surface area contributed by atoms with Crippen LogP contribution in [0.15, 0.2) is 18.2 Å². The van der Waals surface area contributed by atoms with Crippen LogP contribution in [-0.2, 0) is 12.8 Å². The van der Waals surface area contributed by atoms with Crippen LogP contribution in [0.1, 0.15) is 42.9 Å². The minimum Gasteiger partial charge on any atom is -0.0654 e. The third-order valence-electron chi connectivity index (χ3n) is 3.39. The van der Waals surface area contributed by atoms with E-state index in [0.717, 1.165) is 5.92 Å². The quantitative estimate of drug-likeness (QED) is 0.660. The van der Waals surface area contributed by atoms with E-state index in [1.54, 1.807) is 11.1 Å². The van der Waals surface area contributed by atoms with Gasteiger partial charge in [-0.05, 0) is 43.2 Å². The van der Waals surface area contributed by atoms with Crippen molar-refractivity contribution in [2.75, 3.05) is 0 Å². The molecule has 0 nitrogen and oxygen atoms in total. The number of hydrogen-bond acceptors (Lipinski definition) is 0. The minimum absolute atomic E-state index is 0.954. The molecule has 14 heavy (non-hydrogen) atoms. The van der Waals surface area contributed by atoms with E-state index in [0.29, 0.717) is 0 Å². The molecule has 0 saturated heterocycles. The Morgan fingerprint density at radius 2 is 2.14 bits per heavy atom. The second-order valence-electron chi connectivity index (χ2n) is 4.67. The standard InChI is InChI=1S/C14H20/c1-3-4-12-6-8-13-9-11(2)5-7-14(13)10-12/h5,7,9,12H,3-4,6,8,10H2,1-2H3. The summed E-state index contributed by atoms with van der Waals surface area (Å²) in [6.07, 6.45) is 6.79. The molecule has 1 aliphatic rings. The van der Waals surface area contributed by atoms with Crippen LogP contribution in [-0.4, -0.2) is 0 Å². The molecule has 1 unspecified atom stereocenters. The molecular formula is C14H20. The maximum atomic E-state index is 2.37. The van der Waals surface area contributed by atoms with E-state index in [1.807, 2.05) is 0 Å². The third-order valence-corrected chi connectivity index (χ3v) is 3.39. The van der Waals surface area contributed by atoms with E-state index in [9.17, 15) is 0 Å². The van der Waals surface area contributed by atoms with Gasteiger partial charge in [0.15, 0.2) is 0 Å². The number of aryl methyl sites for hydroxylation is 2. The summed E-state index contributed by atoms with van der Waals surface area (Å²) in [5.74, 6) is 0.954. The average Bonchev–Trinajstić information content (AvgIpc) is 2.19. The molecule has 0 amide bonds. The molecule has 0 aliphatic heterocycles. The lowest BCUT2D eigenvalue weighted by Crippen LogP contribution is -2.14. The Kier molecular flexibility index (Phi) is 2.90. The minimum atomic E-state index is 0.954. The Labute approximate surface area is 87.3 Å². The van der Waals surface area contributed by atoms with Crippen molar-refractivity contribution in [2.24, 2.45) is 5.92 Å². The molecule has 0 bridgehead atoms. The molecule has 0 fully saturated rings. The lowest BCUT2D eigenvalue weighted by molar-refractivity contribution is 0.422. The van der Waals surface area contributed by atoms with Gasteiger partial charge in [0, 0.05) is 0 Å². The molecule has 1 atom stereocenters. The van der Waals surface area contributed by atoms with Gasteiger partial charge < -0.3 is 0 Å². The van der Waals surface area contributed by atoms with Crippen molar-refractivity contribution in [3.8, 4) is 0 Å². The van der Waals surface area contributed by atoms with Crippen LogP contribution in [0.25, 0.3) is 0 Å². The van der Waals surface area contributed by atoms with E-state index in [4.69, 9.17) is 0 Å². The molecule has 2 rings (SSSR count). The molecular weight excluding hydrogens is 168 g/mol. The Hall–Kier alpha value is -0.780. The van der Waals surface area contributed by atoms with E-state index in [-0.39, 0.29) is 0 Å². The third kappa shape index (κ3) is 2.00. The van der Waals surface area contributed by atoms with E-state index in [1.165, 1.54) is 37.7 Å². The van der Waals surface area contributed by atoms with Gasteiger partial charge in [-0.15, -0.1) is 0 Å². The average molecular weight is 188 g/mol. The lowest BCUT2D eigenvalue weighted by atomic mass is 9.81. The predicted octanol–water partition coefficient (Wildman–Crippen LogP) is 3.90. The van der Waals surface area contributed by atoms with Crippen LogP contribution in [0.4, 0.5) is 0 Å². The number of fused-ring (bicyclic) bond motifs is 1. The maximum absolute atomic E-state index is 2.37. The molecule has 0 heterocycles. The first-order valence-electron chi connectivity index (χ1n) is 5.88. The SMILES string of the molecule is CCCC1CCc2cc(C)ccc2C1. The smallest absolute Gasteiger partial charge is 0.0248 e. The summed E-state index contributed by atoms with van der Waals surface area (Å²) in [5.41, 5.74) is 4.63. The number of rotatable bonds is 2. The first kappa shape index (κ1) is 9.76. The lowest BCUT2D eigenvalue weighted by Gasteiger charge is -2.24.